The second kappa shape index (κ2) is 9.11. The first kappa shape index (κ1) is 19.7. The fraction of sp³-hybridized carbons (Fsp3) is 0.846. The molecule has 0 amide bonds. The maximum absolute atomic E-state index is 10.7. The molecule has 0 spiro atoms. The van der Waals surface area contributed by atoms with Gasteiger partial charge >= 0.3 is 11.9 Å². The maximum atomic E-state index is 10.7. The summed E-state index contributed by atoms with van der Waals surface area (Å²) in [7, 11) is 0. The van der Waals surface area contributed by atoms with Gasteiger partial charge in [-0.2, -0.15) is 0 Å². The van der Waals surface area contributed by atoms with Crippen LogP contribution in [0.15, 0.2) is 0 Å². The molecule has 23 heavy (non-hydrogen) atoms. The third-order valence-corrected chi connectivity index (χ3v) is 3.60. The normalized spacial score (nSPS) is 31.3. The summed E-state index contributed by atoms with van der Waals surface area (Å²) in [6, 6.07) is 0. The number of hydrogen-bond donors (Lipinski definition) is 6. The molecule has 10 heteroatoms. The first-order valence-corrected chi connectivity index (χ1v) is 7.16. The van der Waals surface area contributed by atoms with Gasteiger partial charge in [-0.3, -0.25) is 9.59 Å². The number of aliphatic carboxylic acids is 2. The van der Waals surface area contributed by atoms with Crippen molar-refractivity contribution >= 4 is 11.9 Å². The van der Waals surface area contributed by atoms with Gasteiger partial charge < -0.3 is 40.1 Å². The highest BCUT2D eigenvalue weighted by Gasteiger charge is 2.42. The summed E-state index contributed by atoms with van der Waals surface area (Å²) >= 11 is 0. The Morgan fingerprint density at radius 1 is 0.957 bits per heavy atom. The van der Waals surface area contributed by atoms with Gasteiger partial charge in [0, 0.05) is 6.61 Å². The Hall–Kier alpha value is -1.30. The van der Waals surface area contributed by atoms with E-state index in [1.165, 1.54) is 0 Å². The number of ether oxygens (including phenoxy) is 2. The fourth-order valence-electron chi connectivity index (χ4n) is 2.17. The second-order valence-electron chi connectivity index (χ2n) is 5.34. The molecule has 6 N–H and O–H groups in total. The van der Waals surface area contributed by atoms with Gasteiger partial charge in [-0.25, -0.2) is 0 Å². The molecule has 134 valence electrons. The van der Waals surface area contributed by atoms with Crippen LogP contribution in [0.4, 0.5) is 0 Å². The number of carboxylic acid groups (broad SMARTS) is 2. The van der Waals surface area contributed by atoms with Crippen molar-refractivity contribution in [2.24, 2.45) is 5.92 Å². The molecule has 0 radical (unpaired) electrons. The number of hydrogen-bond acceptors (Lipinski definition) is 8. The molecular weight excluding hydrogens is 316 g/mol. The van der Waals surface area contributed by atoms with E-state index in [0.29, 0.717) is 12.8 Å². The van der Waals surface area contributed by atoms with Gasteiger partial charge in [-0.1, -0.05) is 0 Å². The van der Waals surface area contributed by atoms with Crippen molar-refractivity contribution in [2.75, 3.05) is 13.2 Å². The minimum Gasteiger partial charge on any atom is -0.481 e. The smallest absolute Gasteiger partial charge is 0.317 e. The Labute approximate surface area is 131 Å². The topological polar surface area (TPSA) is 174 Å². The lowest BCUT2D eigenvalue weighted by Crippen LogP contribution is -2.58. The quantitative estimate of drug-likeness (QED) is 0.199. The van der Waals surface area contributed by atoms with Gasteiger partial charge in [0.15, 0.2) is 12.2 Å². The average molecular weight is 338 g/mol. The molecule has 1 fully saturated rings. The van der Waals surface area contributed by atoms with Crippen molar-refractivity contribution in [1.29, 1.82) is 0 Å². The van der Waals surface area contributed by atoms with Crippen LogP contribution in [-0.2, 0) is 19.1 Å². The van der Waals surface area contributed by atoms with E-state index in [0.717, 1.165) is 0 Å². The van der Waals surface area contributed by atoms with E-state index < -0.39 is 48.6 Å². The molecule has 1 saturated heterocycles. The summed E-state index contributed by atoms with van der Waals surface area (Å²) in [4.78, 5) is 21.3. The Bertz CT molecular complexity index is 386. The Morgan fingerprint density at radius 2 is 1.57 bits per heavy atom. The Kier molecular flexibility index (Phi) is 7.82. The summed E-state index contributed by atoms with van der Waals surface area (Å²) in [6.07, 6.45) is -6.54. The van der Waals surface area contributed by atoms with Crippen LogP contribution >= 0.6 is 0 Å². The maximum Gasteiger partial charge on any atom is 0.317 e. The number of unbranched alkanes of at least 4 members (excludes halogenated alkanes) is 1. The molecule has 10 nitrogen and oxygen atoms in total. The summed E-state index contributed by atoms with van der Waals surface area (Å²) < 4.78 is 10.1. The highest BCUT2D eigenvalue weighted by Crippen LogP contribution is 2.20. The van der Waals surface area contributed by atoms with E-state index in [4.69, 9.17) is 19.7 Å². The molecule has 1 aliphatic heterocycles. The third kappa shape index (κ3) is 5.68. The summed E-state index contributed by atoms with van der Waals surface area (Å²) in [6.45, 7) is 0.0105. The van der Waals surface area contributed by atoms with E-state index in [1.54, 1.807) is 0 Å². The molecule has 1 rings (SSSR count). The molecule has 0 aromatic heterocycles. The van der Waals surface area contributed by atoms with Crippen molar-refractivity contribution in [3.05, 3.63) is 0 Å². The fourth-order valence-corrected chi connectivity index (χ4v) is 2.17. The second-order valence-corrected chi connectivity index (χ2v) is 5.34. The van der Waals surface area contributed by atoms with Crippen LogP contribution in [0.25, 0.3) is 0 Å². The Balaban J connectivity index is 2.22. The molecule has 1 heterocycles. The van der Waals surface area contributed by atoms with Gasteiger partial charge in [0.1, 0.15) is 24.4 Å². The minimum absolute atomic E-state index is 0.0276. The van der Waals surface area contributed by atoms with Crippen LogP contribution in [0, 0.1) is 5.92 Å². The van der Waals surface area contributed by atoms with E-state index in [-0.39, 0.29) is 19.6 Å². The van der Waals surface area contributed by atoms with Crippen LogP contribution in [0.2, 0.25) is 0 Å². The zero-order valence-electron chi connectivity index (χ0n) is 12.3. The number of rotatable bonds is 9. The molecule has 0 bridgehead atoms. The lowest BCUT2D eigenvalue weighted by Gasteiger charge is -2.38. The van der Waals surface area contributed by atoms with Crippen LogP contribution < -0.4 is 0 Å². The van der Waals surface area contributed by atoms with Crippen molar-refractivity contribution in [3.63, 3.8) is 0 Å². The molecule has 0 aromatic rings. The Morgan fingerprint density at radius 3 is 2.13 bits per heavy atom. The molecule has 0 aliphatic carbocycles. The largest absolute Gasteiger partial charge is 0.481 e. The highest BCUT2D eigenvalue weighted by molar-refractivity contribution is 5.92. The van der Waals surface area contributed by atoms with Crippen LogP contribution in [0.1, 0.15) is 19.3 Å². The summed E-state index contributed by atoms with van der Waals surface area (Å²) in [5.41, 5.74) is 0. The molecule has 0 aromatic carbocycles. The van der Waals surface area contributed by atoms with Gasteiger partial charge in [-0.15, -0.1) is 0 Å². The molecule has 5 unspecified atom stereocenters. The predicted octanol–water partition coefficient (Wildman–Crippen LogP) is -2.24. The third-order valence-electron chi connectivity index (χ3n) is 3.60. The standard InChI is InChI=1S/C13H22O10/c14-8-7(23-13(21)10(16)9(8)15)5-22-4-2-1-3-6(11(17)18)12(19)20/h6-10,13-16,21H,1-5H2,(H,17,18)(H,19,20). The number of aliphatic hydroxyl groups is 4. The molecule has 5 atom stereocenters. The SMILES string of the molecule is O=C(O)C(CCCCOCC1OC(O)C(O)C(O)C1O)C(=O)O. The van der Waals surface area contributed by atoms with Crippen molar-refractivity contribution in [2.45, 2.75) is 50.0 Å². The average Bonchev–Trinajstić information content (AvgIpc) is 2.48. The zero-order valence-corrected chi connectivity index (χ0v) is 12.3. The van der Waals surface area contributed by atoms with Crippen LogP contribution in [0.5, 0.6) is 0 Å². The first-order chi connectivity index (χ1) is 10.8. The van der Waals surface area contributed by atoms with E-state index in [2.05, 4.69) is 0 Å². The van der Waals surface area contributed by atoms with Crippen molar-refractivity contribution in [3.8, 4) is 0 Å². The molecule has 0 saturated carbocycles. The minimum atomic E-state index is -1.63. The van der Waals surface area contributed by atoms with Gasteiger partial charge in [-0.05, 0) is 19.3 Å². The monoisotopic (exact) mass is 338 g/mol. The molecule has 1 aliphatic rings. The highest BCUT2D eigenvalue weighted by atomic mass is 16.6. The van der Waals surface area contributed by atoms with Gasteiger partial charge in [0.05, 0.1) is 6.61 Å². The van der Waals surface area contributed by atoms with Gasteiger partial charge in [0.2, 0.25) is 0 Å². The lowest BCUT2D eigenvalue weighted by atomic mass is 9.99. The van der Waals surface area contributed by atoms with Gasteiger partial charge in [0.25, 0.3) is 0 Å². The summed E-state index contributed by atoms with van der Waals surface area (Å²) in [5.74, 6) is -4.23. The first-order valence-electron chi connectivity index (χ1n) is 7.16. The van der Waals surface area contributed by atoms with Crippen LogP contribution in [-0.4, -0.2) is 86.5 Å². The van der Waals surface area contributed by atoms with Crippen molar-refractivity contribution in [1.82, 2.24) is 0 Å². The number of carbonyl (C=O) groups is 2. The lowest BCUT2D eigenvalue weighted by molar-refractivity contribution is -0.288. The van der Waals surface area contributed by atoms with Crippen LogP contribution in [0.3, 0.4) is 0 Å². The zero-order chi connectivity index (χ0) is 17.6. The number of aliphatic hydroxyl groups excluding tert-OH is 4. The van der Waals surface area contributed by atoms with E-state index >= 15 is 0 Å². The predicted molar refractivity (Wildman–Crippen MR) is 72.3 cm³/mol. The van der Waals surface area contributed by atoms with E-state index in [1.807, 2.05) is 0 Å². The van der Waals surface area contributed by atoms with E-state index in [9.17, 15) is 30.0 Å². The summed E-state index contributed by atoms with van der Waals surface area (Å²) in [5, 5.41) is 55.2. The molecular formula is C13H22O10. The van der Waals surface area contributed by atoms with Crippen molar-refractivity contribution < 1.29 is 49.7 Å². The number of carboxylic acids is 2.